The van der Waals surface area contributed by atoms with Crippen LogP contribution < -0.4 is 0 Å². The highest BCUT2D eigenvalue weighted by atomic mass is 16.6. The number of likely N-dealkylation sites (tertiary alicyclic amines) is 1. The zero-order chi connectivity index (χ0) is 20.0. The van der Waals surface area contributed by atoms with Crippen LogP contribution in [0.5, 0.6) is 0 Å². The molecule has 9 nitrogen and oxygen atoms in total. The summed E-state index contributed by atoms with van der Waals surface area (Å²) < 4.78 is 16.3. The number of azide groups is 1. The predicted molar refractivity (Wildman–Crippen MR) is 97.4 cm³/mol. The molecule has 0 radical (unpaired) electrons. The maximum absolute atomic E-state index is 12.5. The Hall–Kier alpha value is -1.83. The molecular formula is C18H30N4O5. The first-order valence-electron chi connectivity index (χ1n) is 9.51. The average Bonchev–Trinajstić information content (AvgIpc) is 3.09. The molecule has 0 aromatic carbocycles. The molecule has 1 aliphatic heterocycles. The van der Waals surface area contributed by atoms with E-state index in [2.05, 4.69) is 10.0 Å². The van der Waals surface area contributed by atoms with Gasteiger partial charge in [0.15, 0.2) is 6.35 Å². The van der Waals surface area contributed by atoms with Crippen molar-refractivity contribution in [2.45, 2.75) is 83.4 Å². The van der Waals surface area contributed by atoms with Crippen LogP contribution in [0.1, 0.15) is 59.3 Å². The van der Waals surface area contributed by atoms with Gasteiger partial charge in [0.2, 0.25) is 0 Å². The van der Waals surface area contributed by atoms with Crippen LogP contribution in [0.4, 0.5) is 0 Å². The molecule has 0 spiro atoms. The van der Waals surface area contributed by atoms with Crippen molar-refractivity contribution in [3.05, 3.63) is 10.4 Å². The Kier molecular flexibility index (Phi) is 7.47. The number of rotatable bonds is 6. The first kappa shape index (κ1) is 21.5. The summed E-state index contributed by atoms with van der Waals surface area (Å²) in [6.07, 6.45) is 3.19. The Morgan fingerprint density at radius 2 is 1.81 bits per heavy atom. The predicted octanol–water partition coefficient (Wildman–Crippen LogP) is 3.13. The number of esters is 2. The van der Waals surface area contributed by atoms with Crippen molar-refractivity contribution in [1.82, 2.24) is 4.90 Å². The molecule has 2 aliphatic rings. The topological polar surface area (TPSA) is 114 Å². The summed E-state index contributed by atoms with van der Waals surface area (Å²) in [5, 5.41) is 3.78. The Balaban J connectivity index is 1.99. The minimum atomic E-state index is -0.852. The van der Waals surface area contributed by atoms with Crippen LogP contribution in [0.2, 0.25) is 0 Å². The van der Waals surface area contributed by atoms with E-state index in [1.165, 1.54) is 7.11 Å². The van der Waals surface area contributed by atoms with E-state index in [0.717, 1.165) is 6.42 Å². The molecule has 0 aromatic rings. The van der Waals surface area contributed by atoms with Crippen molar-refractivity contribution in [2.75, 3.05) is 13.7 Å². The van der Waals surface area contributed by atoms with E-state index in [-0.39, 0.29) is 24.0 Å². The number of ether oxygens (including phenoxy) is 3. The fourth-order valence-corrected chi connectivity index (χ4v) is 3.67. The second-order valence-corrected chi connectivity index (χ2v) is 8.09. The summed E-state index contributed by atoms with van der Waals surface area (Å²) in [4.78, 5) is 28.8. The van der Waals surface area contributed by atoms with E-state index in [1.807, 2.05) is 20.8 Å². The highest BCUT2D eigenvalue weighted by Gasteiger charge is 2.39. The van der Waals surface area contributed by atoms with Crippen molar-refractivity contribution in [2.24, 2.45) is 11.0 Å². The van der Waals surface area contributed by atoms with Gasteiger partial charge in [0.1, 0.15) is 11.6 Å². The quantitative estimate of drug-likeness (QED) is 0.302. The molecule has 1 saturated carbocycles. The van der Waals surface area contributed by atoms with Crippen LogP contribution in [0.15, 0.2) is 5.11 Å². The van der Waals surface area contributed by atoms with Gasteiger partial charge in [0, 0.05) is 11.5 Å². The number of methoxy groups -OCH3 is 1. The number of carbonyl (C=O) groups excluding carboxylic acids is 2. The molecule has 0 bridgehead atoms. The molecule has 2 fully saturated rings. The van der Waals surface area contributed by atoms with Crippen LogP contribution in [0, 0.1) is 5.92 Å². The van der Waals surface area contributed by atoms with Crippen LogP contribution in [-0.2, 0) is 23.8 Å². The second-order valence-electron chi connectivity index (χ2n) is 8.09. The molecule has 0 amide bonds. The third-order valence-electron chi connectivity index (χ3n) is 4.93. The molecule has 0 unspecified atom stereocenters. The molecule has 152 valence electrons. The zero-order valence-corrected chi connectivity index (χ0v) is 16.6. The lowest BCUT2D eigenvalue weighted by molar-refractivity contribution is -0.170. The molecule has 2 rings (SSSR count). The minimum absolute atomic E-state index is 0.103. The number of nitrogens with zero attached hydrogens (tertiary/aromatic N) is 4. The van der Waals surface area contributed by atoms with Gasteiger partial charge in [-0.3, -0.25) is 14.5 Å². The fraction of sp³-hybridized carbons (Fsp3) is 0.889. The lowest BCUT2D eigenvalue weighted by Crippen LogP contribution is -2.47. The summed E-state index contributed by atoms with van der Waals surface area (Å²) in [6, 6.07) is -0.480. The van der Waals surface area contributed by atoms with E-state index in [9.17, 15) is 9.59 Å². The maximum atomic E-state index is 12.5. The molecule has 0 N–H and O–H groups in total. The number of hydrogen-bond donors (Lipinski definition) is 0. The van der Waals surface area contributed by atoms with Gasteiger partial charge in [0.05, 0.1) is 19.1 Å². The first-order valence-corrected chi connectivity index (χ1v) is 9.51. The largest absolute Gasteiger partial charge is 0.469 e. The van der Waals surface area contributed by atoms with Gasteiger partial charge in [-0.25, -0.2) is 0 Å². The average molecular weight is 382 g/mol. The van der Waals surface area contributed by atoms with Gasteiger partial charge in [-0.05, 0) is 69.9 Å². The first-order chi connectivity index (χ1) is 12.7. The maximum Gasteiger partial charge on any atom is 0.323 e. The van der Waals surface area contributed by atoms with E-state index in [1.54, 1.807) is 4.90 Å². The lowest BCUT2D eigenvalue weighted by atomic mass is 9.87. The Morgan fingerprint density at radius 1 is 1.15 bits per heavy atom. The lowest BCUT2D eigenvalue weighted by Gasteiger charge is -2.34. The van der Waals surface area contributed by atoms with E-state index in [0.29, 0.717) is 38.6 Å². The van der Waals surface area contributed by atoms with Crippen molar-refractivity contribution in [3.63, 3.8) is 0 Å². The molecule has 27 heavy (non-hydrogen) atoms. The van der Waals surface area contributed by atoms with Gasteiger partial charge in [0.25, 0.3) is 0 Å². The molecule has 1 saturated heterocycles. The summed E-state index contributed by atoms with van der Waals surface area (Å²) in [5.74, 6) is -0.616. The van der Waals surface area contributed by atoms with E-state index in [4.69, 9.17) is 19.7 Å². The fourth-order valence-electron chi connectivity index (χ4n) is 3.67. The summed E-state index contributed by atoms with van der Waals surface area (Å²) in [7, 11) is 1.40. The van der Waals surface area contributed by atoms with Crippen molar-refractivity contribution in [1.29, 1.82) is 0 Å². The Morgan fingerprint density at radius 3 is 2.37 bits per heavy atom. The second kappa shape index (κ2) is 9.39. The monoisotopic (exact) mass is 382 g/mol. The molecule has 0 aromatic heterocycles. The van der Waals surface area contributed by atoms with Crippen LogP contribution in [0.3, 0.4) is 0 Å². The standard InChI is InChI=1S/C18H30N4O5/c1-18(2,3)27-16(24)14-6-5-11-22(14)17(20-21-19)26-13-9-7-12(8-10-13)15(23)25-4/h12-14,17H,5-11H2,1-4H3/t12?,13?,14-,17+/m0/s1. The van der Waals surface area contributed by atoms with Crippen molar-refractivity contribution < 1.29 is 23.8 Å². The third-order valence-corrected chi connectivity index (χ3v) is 4.93. The minimum Gasteiger partial charge on any atom is -0.469 e. The van der Waals surface area contributed by atoms with Crippen molar-refractivity contribution >= 4 is 11.9 Å². The van der Waals surface area contributed by atoms with Crippen LogP contribution in [-0.4, -0.2) is 54.6 Å². The van der Waals surface area contributed by atoms with E-state index >= 15 is 0 Å². The summed E-state index contributed by atoms with van der Waals surface area (Å²) >= 11 is 0. The Bertz CT molecular complexity index is 577. The SMILES string of the molecule is COC(=O)C1CCC(O[C@H](N=[N+]=[N-])N2CCC[C@H]2C(=O)OC(C)(C)C)CC1. The highest BCUT2D eigenvalue weighted by Crippen LogP contribution is 2.31. The van der Waals surface area contributed by atoms with Crippen molar-refractivity contribution in [3.8, 4) is 0 Å². The molecule has 1 aliphatic carbocycles. The highest BCUT2D eigenvalue weighted by molar-refractivity contribution is 5.76. The van der Waals surface area contributed by atoms with Gasteiger partial charge in [-0.2, -0.15) is 0 Å². The Labute approximate surface area is 159 Å². The molecule has 9 heteroatoms. The summed E-state index contributed by atoms with van der Waals surface area (Å²) in [6.45, 7) is 6.08. The normalized spacial score (nSPS) is 27.5. The summed E-state index contributed by atoms with van der Waals surface area (Å²) in [5.41, 5.74) is 8.38. The van der Waals surface area contributed by atoms with E-state index < -0.39 is 18.0 Å². The molecule has 2 atom stereocenters. The zero-order valence-electron chi connectivity index (χ0n) is 16.6. The van der Waals surface area contributed by atoms with Crippen LogP contribution >= 0.6 is 0 Å². The van der Waals surface area contributed by atoms with Gasteiger partial charge >= 0.3 is 11.9 Å². The van der Waals surface area contributed by atoms with Gasteiger partial charge in [-0.15, -0.1) is 0 Å². The number of hydrogen-bond acceptors (Lipinski definition) is 7. The van der Waals surface area contributed by atoms with Crippen LogP contribution in [0.25, 0.3) is 10.4 Å². The van der Waals surface area contributed by atoms with Gasteiger partial charge < -0.3 is 14.2 Å². The smallest absolute Gasteiger partial charge is 0.323 e. The molecular weight excluding hydrogens is 352 g/mol. The number of carbonyl (C=O) groups is 2. The third kappa shape index (κ3) is 6.09. The van der Waals surface area contributed by atoms with Gasteiger partial charge in [-0.1, -0.05) is 0 Å². The molecule has 1 heterocycles.